The number of benzene rings is 1. The van der Waals surface area contributed by atoms with Gasteiger partial charge in [-0.2, -0.15) is 0 Å². The molecule has 1 amide bonds. The van der Waals surface area contributed by atoms with Gasteiger partial charge in [-0.05, 0) is 27.0 Å². The van der Waals surface area contributed by atoms with Crippen molar-refractivity contribution in [3.63, 3.8) is 0 Å². The Balaban J connectivity index is 0.00000264. The van der Waals surface area contributed by atoms with Gasteiger partial charge in [-0.3, -0.25) is 4.79 Å². The first-order valence-corrected chi connectivity index (χ1v) is 8.80. The fraction of sp³-hybridized carbons (Fsp3) is 0.375. The van der Waals surface area contributed by atoms with Gasteiger partial charge in [-0.25, -0.2) is 4.98 Å². The van der Waals surface area contributed by atoms with Crippen LogP contribution in [0.1, 0.15) is 30.0 Å². The molecule has 1 atom stereocenters. The van der Waals surface area contributed by atoms with Gasteiger partial charge >= 0.3 is 0 Å². The smallest absolute Gasteiger partial charge is 0.221 e. The van der Waals surface area contributed by atoms with Gasteiger partial charge in [0.2, 0.25) is 5.91 Å². The van der Waals surface area contributed by atoms with Crippen LogP contribution in [0.15, 0.2) is 28.7 Å². The molecule has 0 bridgehead atoms. The Kier molecular flexibility index (Phi) is 8.19. The highest BCUT2D eigenvalue weighted by atomic mass is 79.9. The minimum absolute atomic E-state index is 0. The fourth-order valence-corrected chi connectivity index (χ4v) is 3.89. The van der Waals surface area contributed by atoms with Crippen LogP contribution in [0.3, 0.4) is 0 Å². The molecule has 23 heavy (non-hydrogen) atoms. The van der Waals surface area contributed by atoms with Gasteiger partial charge in [-0.1, -0.05) is 34.1 Å². The number of rotatable bonds is 6. The molecule has 2 aromatic rings. The van der Waals surface area contributed by atoms with Crippen molar-refractivity contribution >= 4 is 45.6 Å². The van der Waals surface area contributed by atoms with Crippen molar-refractivity contribution in [2.45, 2.75) is 26.3 Å². The van der Waals surface area contributed by atoms with Gasteiger partial charge in [0, 0.05) is 23.0 Å². The van der Waals surface area contributed by atoms with E-state index in [0.717, 1.165) is 25.6 Å². The van der Waals surface area contributed by atoms with E-state index in [9.17, 15) is 4.79 Å². The Labute approximate surface area is 155 Å². The summed E-state index contributed by atoms with van der Waals surface area (Å²) in [5, 5.41) is 6.98. The standard InChI is InChI=1S/C16H20BrN3OS.ClH/c1-10(19-14(21)8-9-18-3)15-11(2)20-16(22-15)12-6-4-5-7-13(12)17;/h4-7,10,18H,8-9H2,1-3H3,(H,19,21);1H. The van der Waals surface area contributed by atoms with E-state index in [0.29, 0.717) is 13.0 Å². The number of hydrogen-bond donors (Lipinski definition) is 2. The van der Waals surface area contributed by atoms with E-state index in [4.69, 9.17) is 0 Å². The van der Waals surface area contributed by atoms with Crippen LogP contribution in [0.25, 0.3) is 10.6 Å². The second kappa shape index (κ2) is 9.37. The lowest BCUT2D eigenvalue weighted by atomic mass is 10.2. The van der Waals surface area contributed by atoms with Gasteiger partial charge in [0.1, 0.15) is 5.01 Å². The van der Waals surface area contributed by atoms with Crippen LogP contribution in [0, 0.1) is 6.92 Å². The minimum Gasteiger partial charge on any atom is -0.349 e. The summed E-state index contributed by atoms with van der Waals surface area (Å²) in [7, 11) is 1.84. The van der Waals surface area contributed by atoms with E-state index < -0.39 is 0 Å². The number of amides is 1. The van der Waals surface area contributed by atoms with Gasteiger partial charge < -0.3 is 10.6 Å². The predicted molar refractivity (Wildman–Crippen MR) is 102 cm³/mol. The molecule has 1 heterocycles. The summed E-state index contributed by atoms with van der Waals surface area (Å²) in [5.74, 6) is 0.0529. The summed E-state index contributed by atoms with van der Waals surface area (Å²) in [6, 6.07) is 8.01. The molecule has 126 valence electrons. The van der Waals surface area contributed by atoms with E-state index in [1.54, 1.807) is 11.3 Å². The molecule has 4 nitrogen and oxygen atoms in total. The zero-order valence-electron chi connectivity index (χ0n) is 13.4. The molecule has 0 radical (unpaired) electrons. The quantitative estimate of drug-likeness (QED) is 0.743. The number of aromatic nitrogens is 1. The van der Waals surface area contributed by atoms with Crippen molar-refractivity contribution in [3.05, 3.63) is 39.3 Å². The van der Waals surface area contributed by atoms with Gasteiger partial charge in [0.05, 0.1) is 16.6 Å². The second-order valence-electron chi connectivity index (χ2n) is 5.09. The van der Waals surface area contributed by atoms with E-state index in [1.807, 2.05) is 45.2 Å². The molecular weight excluding hydrogens is 398 g/mol. The third-order valence-corrected chi connectivity index (χ3v) is 5.37. The van der Waals surface area contributed by atoms with E-state index in [-0.39, 0.29) is 24.4 Å². The van der Waals surface area contributed by atoms with Gasteiger partial charge in [0.25, 0.3) is 0 Å². The molecular formula is C16H21BrClN3OS. The Morgan fingerprint density at radius 2 is 2.09 bits per heavy atom. The Bertz CT molecular complexity index is 663. The van der Waals surface area contributed by atoms with Crippen LogP contribution in [0.4, 0.5) is 0 Å². The maximum atomic E-state index is 11.9. The monoisotopic (exact) mass is 417 g/mol. The summed E-state index contributed by atoms with van der Waals surface area (Å²) >= 11 is 5.19. The van der Waals surface area contributed by atoms with Crippen molar-refractivity contribution in [2.24, 2.45) is 0 Å². The molecule has 1 aromatic heterocycles. The average Bonchev–Trinajstić information content (AvgIpc) is 2.87. The van der Waals surface area contributed by atoms with Crippen LogP contribution in [0.5, 0.6) is 0 Å². The lowest BCUT2D eigenvalue weighted by Gasteiger charge is -2.12. The highest BCUT2D eigenvalue weighted by Gasteiger charge is 2.17. The summed E-state index contributed by atoms with van der Waals surface area (Å²) in [6.45, 7) is 4.67. The average molecular weight is 419 g/mol. The highest BCUT2D eigenvalue weighted by molar-refractivity contribution is 9.10. The minimum atomic E-state index is -0.0295. The molecule has 7 heteroatoms. The van der Waals surface area contributed by atoms with E-state index in [1.165, 1.54) is 0 Å². The molecule has 0 aliphatic carbocycles. The van der Waals surface area contributed by atoms with E-state index in [2.05, 4.69) is 31.5 Å². The largest absolute Gasteiger partial charge is 0.349 e. The van der Waals surface area contributed by atoms with Crippen LogP contribution in [-0.4, -0.2) is 24.5 Å². The van der Waals surface area contributed by atoms with Crippen molar-refractivity contribution in [1.82, 2.24) is 15.6 Å². The lowest BCUT2D eigenvalue weighted by molar-refractivity contribution is -0.121. The number of hydrogen-bond acceptors (Lipinski definition) is 4. The molecule has 1 aromatic carbocycles. The first kappa shape index (κ1) is 20.1. The third kappa shape index (κ3) is 5.28. The Morgan fingerprint density at radius 1 is 1.39 bits per heavy atom. The molecule has 0 aliphatic heterocycles. The Hall–Kier alpha value is -0.950. The van der Waals surface area contributed by atoms with Crippen molar-refractivity contribution in [3.8, 4) is 10.6 Å². The zero-order chi connectivity index (χ0) is 16.1. The molecule has 2 rings (SSSR count). The highest BCUT2D eigenvalue weighted by Crippen LogP contribution is 2.35. The third-order valence-electron chi connectivity index (χ3n) is 3.31. The zero-order valence-corrected chi connectivity index (χ0v) is 16.6. The number of carbonyl (C=O) groups excluding carboxylic acids is 1. The molecule has 0 saturated heterocycles. The number of aryl methyl sites for hydroxylation is 1. The van der Waals surface area contributed by atoms with Gasteiger partial charge in [0.15, 0.2) is 0 Å². The number of thiazole rings is 1. The Morgan fingerprint density at radius 3 is 2.74 bits per heavy atom. The molecule has 0 fully saturated rings. The van der Waals surface area contributed by atoms with Crippen LogP contribution in [0.2, 0.25) is 0 Å². The summed E-state index contributed by atoms with van der Waals surface area (Å²) in [5.41, 5.74) is 2.05. The van der Waals surface area contributed by atoms with Gasteiger partial charge in [-0.15, -0.1) is 23.7 Å². The lowest BCUT2D eigenvalue weighted by Crippen LogP contribution is -2.28. The predicted octanol–water partition coefficient (Wildman–Crippen LogP) is 4.09. The summed E-state index contributed by atoms with van der Waals surface area (Å²) in [4.78, 5) is 17.6. The second-order valence-corrected chi connectivity index (χ2v) is 6.98. The van der Waals surface area contributed by atoms with E-state index >= 15 is 0 Å². The first-order chi connectivity index (χ1) is 10.5. The maximum Gasteiger partial charge on any atom is 0.221 e. The number of halogens is 2. The van der Waals surface area contributed by atoms with Crippen LogP contribution in [-0.2, 0) is 4.79 Å². The SMILES string of the molecule is CNCCC(=O)NC(C)c1sc(-c2ccccc2Br)nc1C.Cl. The number of nitrogens with zero attached hydrogens (tertiary/aromatic N) is 1. The molecule has 1 unspecified atom stereocenters. The molecule has 0 spiro atoms. The molecule has 2 N–H and O–H groups in total. The fourth-order valence-electron chi connectivity index (χ4n) is 2.18. The molecule has 0 aliphatic rings. The van der Waals surface area contributed by atoms with Crippen molar-refractivity contribution < 1.29 is 4.79 Å². The number of nitrogens with one attached hydrogen (secondary N) is 2. The van der Waals surface area contributed by atoms with Crippen LogP contribution < -0.4 is 10.6 Å². The van der Waals surface area contributed by atoms with Crippen LogP contribution >= 0.6 is 39.7 Å². The normalized spacial score (nSPS) is 11.7. The first-order valence-electron chi connectivity index (χ1n) is 7.19. The number of carbonyl (C=O) groups is 1. The van der Waals surface area contributed by atoms with Crippen molar-refractivity contribution in [1.29, 1.82) is 0 Å². The summed E-state index contributed by atoms with van der Waals surface area (Å²) in [6.07, 6.45) is 0.482. The molecule has 0 saturated carbocycles. The maximum absolute atomic E-state index is 11.9. The summed E-state index contributed by atoms with van der Waals surface area (Å²) < 4.78 is 1.03. The topological polar surface area (TPSA) is 54.0 Å². The van der Waals surface area contributed by atoms with Crippen molar-refractivity contribution in [2.75, 3.05) is 13.6 Å².